The van der Waals surface area contributed by atoms with Crippen LogP contribution in [-0.4, -0.2) is 18.5 Å². The average Bonchev–Trinajstić information content (AvgIpc) is 2.24. The fourth-order valence-corrected chi connectivity index (χ4v) is 2.02. The van der Waals surface area contributed by atoms with E-state index in [1.54, 1.807) is 6.92 Å². The lowest BCUT2D eigenvalue weighted by molar-refractivity contribution is -0.123. The second-order valence-corrected chi connectivity index (χ2v) is 4.43. The fourth-order valence-electron chi connectivity index (χ4n) is 1.72. The molecule has 0 radical (unpaired) electrons. The van der Waals surface area contributed by atoms with Crippen LogP contribution >= 0.6 is 11.6 Å². The Morgan fingerprint density at radius 2 is 2.06 bits per heavy atom. The first-order valence-corrected chi connectivity index (χ1v) is 5.55. The lowest BCUT2D eigenvalue weighted by atomic mass is 10.1. The minimum absolute atomic E-state index is 0.00700. The van der Waals surface area contributed by atoms with Gasteiger partial charge in [-0.2, -0.15) is 0 Å². The molecule has 3 amide bonds. The standard InChI is InChI=1S/C11H9ClF2N2O2/c1-5-4-16(11(18)15-10(5)17)9-7(12)2-6(13)3-8(9)14/h2-3,5H,4H2,1H3,(H,15,17,18). The number of benzene rings is 1. The predicted molar refractivity (Wildman–Crippen MR) is 61.4 cm³/mol. The number of urea groups is 1. The second-order valence-electron chi connectivity index (χ2n) is 4.02. The lowest BCUT2D eigenvalue weighted by Gasteiger charge is -2.31. The number of amides is 3. The van der Waals surface area contributed by atoms with Crippen LogP contribution in [0.4, 0.5) is 19.3 Å². The quantitative estimate of drug-likeness (QED) is 0.854. The summed E-state index contributed by atoms with van der Waals surface area (Å²) >= 11 is 5.73. The zero-order valence-electron chi connectivity index (χ0n) is 9.34. The van der Waals surface area contributed by atoms with Gasteiger partial charge in [-0.05, 0) is 6.07 Å². The number of anilines is 1. The number of imide groups is 1. The Morgan fingerprint density at radius 1 is 1.39 bits per heavy atom. The van der Waals surface area contributed by atoms with Crippen LogP contribution < -0.4 is 10.2 Å². The summed E-state index contributed by atoms with van der Waals surface area (Å²) in [4.78, 5) is 23.9. The van der Waals surface area contributed by atoms with E-state index < -0.39 is 29.5 Å². The van der Waals surface area contributed by atoms with E-state index in [-0.39, 0.29) is 17.3 Å². The van der Waals surface area contributed by atoms with Gasteiger partial charge in [0.15, 0.2) is 5.82 Å². The topological polar surface area (TPSA) is 49.4 Å². The van der Waals surface area contributed by atoms with E-state index >= 15 is 0 Å². The number of hydrogen-bond donors (Lipinski definition) is 1. The highest BCUT2D eigenvalue weighted by Gasteiger charge is 2.32. The maximum absolute atomic E-state index is 13.7. The second kappa shape index (κ2) is 4.53. The fraction of sp³-hybridized carbons (Fsp3) is 0.273. The molecule has 1 aromatic rings. The van der Waals surface area contributed by atoms with Gasteiger partial charge in [-0.3, -0.25) is 15.0 Å². The van der Waals surface area contributed by atoms with Crippen LogP contribution in [0, 0.1) is 17.6 Å². The average molecular weight is 275 g/mol. The molecule has 1 aromatic carbocycles. The third-order valence-corrected chi connectivity index (χ3v) is 2.92. The molecular formula is C11H9ClF2N2O2. The molecule has 2 rings (SSSR count). The molecule has 0 bridgehead atoms. The zero-order valence-corrected chi connectivity index (χ0v) is 10.1. The Bertz CT molecular complexity index is 513. The van der Waals surface area contributed by atoms with Crippen molar-refractivity contribution in [2.24, 2.45) is 5.92 Å². The molecule has 4 nitrogen and oxygen atoms in total. The van der Waals surface area contributed by atoms with Gasteiger partial charge in [0, 0.05) is 12.6 Å². The molecule has 1 aliphatic heterocycles. The number of halogens is 3. The molecule has 0 aromatic heterocycles. The van der Waals surface area contributed by atoms with E-state index in [1.807, 2.05) is 0 Å². The molecule has 1 heterocycles. The van der Waals surface area contributed by atoms with Gasteiger partial charge in [0.1, 0.15) is 11.5 Å². The molecule has 1 unspecified atom stereocenters. The van der Waals surface area contributed by atoms with Crippen LogP contribution in [0.1, 0.15) is 6.92 Å². The summed E-state index contributed by atoms with van der Waals surface area (Å²) in [5.41, 5.74) is -0.227. The molecule has 7 heteroatoms. The minimum Gasteiger partial charge on any atom is -0.289 e. The van der Waals surface area contributed by atoms with Crippen LogP contribution in [0.3, 0.4) is 0 Å². The molecule has 96 valence electrons. The van der Waals surface area contributed by atoms with Gasteiger partial charge in [0.25, 0.3) is 0 Å². The Kier molecular flexibility index (Phi) is 3.21. The zero-order chi connectivity index (χ0) is 13.4. The first kappa shape index (κ1) is 12.8. The van der Waals surface area contributed by atoms with Crippen LogP contribution in [0.15, 0.2) is 12.1 Å². The molecule has 1 aliphatic rings. The summed E-state index contributed by atoms with van der Waals surface area (Å²) in [7, 11) is 0. The Balaban J connectivity index is 2.43. The third-order valence-electron chi connectivity index (χ3n) is 2.63. The van der Waals surface area contributed by atoms with Gasteiger partial charge in [0.05, 0.1) is 10.9 Å². The summed E-state index contributed by atoms with van der Waals surface area (Å²) in [6.07, 6.45) is 0. The highest BCUT2D eigenvalue weighted by molar-refractivity contribution is 6.34. The highest BCUT2D eigenvalue weighted by Crippen LogP contribution is 2.31. The molecule has 1 saturated heterocycles. The Morgan fingerprint density at radius 3 is 2.67 bits per heavy atom. The van der Waals surface area contributed by atoms with E-state index in [1.165, 1.54) is 0 Å². The Labute approximate surface area is 107 Å². The van der Waals surface area contributed by atoms with Gasteiger partial charge in [-0.1, -0.05) is 18.5 Å². The van der Waals surface area contributed by atoms with E-state index in [4.69, 9.17) is 11.6 Å². The number of rotatable bonds is 1. The molecule has 1 atom stereocenters. The number of hydrogen-bond acceptors (Lipinski definition) is 2. The van der Waals surface area contributed by atoms with E-state index in [0.29, 0.717) is 6.07 Å². The van der Waals surface area contributed by atoms with Gasteiger partial charge < -0.3 is 0 Å². The van der Waals surface area contributed by atoms with Crippen LogP contribution in [-0.2, 0) is 4.79 Å². The van der Waals surface area contributed by atoms with Crippen molar-refractivity contribution < 1.29 is 18.4 Å². The number of carbonyl (C=O) groups excluding carboxylic acids is 2. The van der Waals surface area contributed by atoms with Gasteiger partial charge in [-0.15, -0.1) is 0 Å². The van der Waals surface area contributed by atoms with Crippen molar-refractivity contribution in [2.75, 3.05) is 11.4 Å². The number of nitrogens with one attached hydrogen (secondary N) is 1. The van der Waals surface area contributed by atoms with Crippen molar-refractivity contribution in [1.82, 2.24) is 5.32 Å². The summed E-state index contributed by atoms with van der Waals surface area (Å²) in [6, 6.07) is 0.773. The monoisotopic (exact) mass is 274 g/mol. The smallest absolute Gasteiger partial charge is 0.289 e. The number of nitrogens with zero attached hydrogens (tertiary/aromatic N) is 1. The van der Waals surface area contributed by atoms with Crippen LogP contribution in [0.5, 0.6) is 0 Å². The van der Waals surface area contributed by atoms with Crippen molar-refractivity contribution in [2.45, 2.75) is 6.92 Å². The van der Waals surface area contributed by atoms with Crippen molar-refractivity contribution in [3.8, 4) is 0 Å². The van der Waals surface area contributed by atoms with E-state index in [9.17, 15) is 18.4 Å². The van der Waals surface area contributed by atoms with E-state index in [0.717, 1.165) is 11.0 Å². The molecule has 18 heavy (non-hydrogen) atoms. The largest absolute Gasteiger partial charge is 0.328 e. The molecule has 0 aliphatic carbocycles. The van der Waals surface area contributed by atoms with Gasteiger partial charge in [-0.25, -0.2) is 13.6 Å². The normalized spacial score (nSPS) is 20.0. The maximum Gasteiger partial charge on any atom is 0.328 e. The SMILES string of the molecule is CC1CN(c2c(F)cc(F)cc2Cl)C(=O)NC1=O. The minimum atomic E-state index is -0.948. The molecule has 0 spiro atoms. The molecule has 1 N–H and O–H groups in total. The maximum atomic E-state index is 13.7. The summed E-state index contributed by atoms with van der Waals surface area (Å²) in [5.74, 6) is -2.71. The number of carbonyl (C=O) groups is 2. The van der Waals surface area contributed by atoms with Crippen LogP contribution in [0.2, 0.25) is 5.02 Å². The summed E-state index contributed by atoms with van der Waals surface area (Å²) < 4.78 is 26.6. The van der Waals surface area contributed by atoms with Crippen molar-refractivity contribution in [1.29, 1.82) is 0 Å². The first-order chi connectivity index (χ1) is 8.40. The van der Waals surface area contributed by atoms with Crippen molar-refractivity contribution >= 4 is 29.2 Å². The van der Waals surface area contributed by atoms with E-state index in [2.05, 4.69) is 5.32 Å². The first-order valence-electron chi connectivity index (χ1n) is 5.17. The van der Waals surface area contributed by atoms with Crippen molar-refractivity contribution in [3.63, 3.8) is 0 Å². The molecule has 0 saturated carbocycles. The summed E-state index contributed by atoms with van der Waals surface area (Å²) in [6.45, 7) is 1.58. The third kappa shape index (κ3) is 2.15. The lowest BCUT2D eigenvalue weighted by Crippen LogP contribution is -2.54. The molecule has 1 fully saturated rings. The summed E-state index contributed by atoms with van der Waals surface area (Å²) in [5, 5.41) is 1.86. The highest BCUT2D eigenvalue weighted by atomic mass is 35.5. The van der Waals surface area contributed by atoms with Crippen molar-refractivity contribution in [3.05, 3.63) is 28.8 Å². The predicted octanol–water partition coefficient (Wildman–Crippen LogP) is 2.31. The molecular weight excluding hydrogens is 266 g/mol. The Hall–Kier alpha value is -1.69. The van der Waals surface area contributed by atoms with Gasteiger partial charge >= 0.3 is 6.03 Å². The van der Waals surface area contributed by atoms with Crippen LogP contribution in [0.25, 0.3) is 0 Å². The van der Waals surface area contributed by atoms with Gasteiger partial charge in [0.2, 0.25) is 5.91 Å².